The third-order valence-corrected chi connectivity index (χ3v) is 4.99. The van der Waals surface area contributed by atoms with Crippen molar-refractivity contribution < 1.29 is 19.1 Å². The summed E-state index contributed by atoms with van der Waals surface area (Å²) in [6.45, 7) is 5.32. The van der Waals surface area contributed by atoms with Crippen molar-refractivity contribution >= 4 is 23.3 Å². The standard InChI is InChI=1S/C19H25N3O4S/c1-4-22(13(2)18(23)21-19(20)24)11-14-7-8-16(17(10-14)25-3)26-12-15-6-5-9-27-15/h5-10,13H,4,11-12H2,1-3H3,(H3,20,21,23,24)/t13-/m1/s1. The van der Waals surface area contributed by atoms with Gasteiger partial charge in [-0.05, 0) is 42.6 Å². The molecule has 8 heteroatoms. The lowest BCUT2D eigenvalue weighted by Crippen LogP contribution is -2.48. The Labute approximate surface area is 163 Å². The number of thiophene rings is 1. The number of nitrogens with two attached hydrogens (primary N) is 1. The Morgan fingerprint density at radius 3 is 2.67 bits per heavy atom. The number of rotatable bonds is 9. The molecule has 0 saturated heterocycles. The van der Waals surface area contributed by atoms with E-state index in [9.17, 15) is 9.59 Å². The Hall–Kier alpha value is -2.58. The van der Waals surface area contributed by atoms with E-state index in [2.05, 4.69) is 5.32 Å². The van der Waals surface area contributed by atoms with Crippen molar-refractivity contribution in [3.8, 4) is 11.5 Å². The first kappa shape index (κ1) is 20.7. The maximum atomic E-state index is 12.0. The summed E-state index contributed by atoms with van der Waals surface area (Å²) in [5.41, 5.74) is 5.99. The van der Waals surface area contributed by atoms with Crippen molar-refractivity contribution in [3.63, 3.8) is 0 Å². The molecule has 2 aromatic rings. The van der Waals surface area contributed by atoms with Crippen LogP contribution >= 0.6 is 11.3 Å². The first-order valence-electron chi connectivity index (χ1n) is 8.61. The van der Waals surface area contributed by atoms with Crippen LogP contribution in [-0.2, 0) is 17.9 Å². The van der Waals surface area contributed by atoms with E-state index in [1.807, 2.05) is 47.5 Å². The number of ether oxygens (including phenoxy) is 2. The summed E-state index contributed by atoms with van der Waals surface area (Å²) in [5, 5.41) is 4.13. The molecule has 3 amide bonds. The van der Waals surface area contributed by atoms with Crippen LogP contribution in [0.15, 0.2) is 35.7 Å². The number of benzene rings is 1. The number of hydrogen-bond donors (Lipinski definition) is 2. The number of carbonyl (C=O) groups excluding carboxylic acids is 2. The zero-order chi connectivity index (χ0) is 19.8. The van der Waals surface area contributed by atoms with E-state index < -0.39 is 18.0 Å². The van der Waals surface area contributed by atoms with Gasteiger partial charge in [-0.3, -0.25) is 15.0 Å². The lowest BCUT2D eigenvalue weighted by Gasteiger charge is -2.26. The van der Waals surface area contributed by atoms with E-state index >= 15 is 0 Å². The molecule has 3 N–H and O–H groups in total. The smallest absolute Gasteiger partial charge is 0.318 e. The van der Waals surface area contributed by atoms with Crippen LogP contribution in [-0.4, -0.2) is 36.5 Å². The van der Waals surface area contributed by atoms with E-state index in [1.165, 1.54) is 0 Å². The number of hydrogen-bond acceptors (Lipinski definition) is 6. The van der Waals surface area contributed by atoms with Crippen molar-refractivity contribution in [1.29, 1.82) is 0 Å². The first-order chi connectivity index (χ1) is 12.9. The average molecular weight is 391 g/mol. The third kappa shape index (κ3) is 5.97. The van der Waals surface area contributed by atoms with E-state index in [0.29, 0.717) is 31.2 Å². The summed E-state index contributed by atoms with van der Waals surface area (Å²) in [7, 11) is 1.59. The molecule has 0 radical (unpaired) electrons. The van der Waals surface area contributed by atoms with Crippen LogP contribution in [0, 0.1) is 0 Å². The summed E-state index contributed by atoms with van der Waals surface area (Å²) >= 11 is 1.64. The van der Waals surface area contributed by atoms with Crippen LogP contribution in [0.1, 0.15) is 24.3 Å². The minimum Gasteiger partial charge on any atom is -0.493 e. The molecule has 0 aliphatic heterocycles. The zero-order valence-electron chi connectivity index (χ0n) is 15.7. The van der Waals surface area contributed by atoms with Gasteiger partial charge in [-0.25, -0.2) is 4.79 Å². The van der Waals surface area contributed by atoms with E-state index in [1.54, 1.807) is 25.4 Å². The van der Waals surface area contributed by atoms with Crippen molar-refractivity contribution in [1.82, 2.24) is 10.2 Å². The Bertz CT molecular complexity index is 764. The van der Waals surface area contributed by atoms with Crippen molar-refractivity contribution in [2.75, 3.05) is 13.7 Å². The van der Waals surface area contributed by atoms with E-state index in [-0.39, 0.29) is 0 Å². The average Bonchev–Trinajstić information content (AvgIpc) is 3.17. The van der Waals surface area contributed by atoms with Gasteiger partial charge in [0.25, 0.3) is 0 Å². The normalized spacial score (nSPS) is 11.9. The molecule has 0 aliphatic carbocycles. The van der Waals surface area contributed by atoms with Crippen molar-refractivity contribution in [2.45, 2.75) is 33.0 Å². The highest BCUT2D eigenvalue weighted by Crippen LogP contribution is 2.30. The monoisotopic (exact) mass is 391 g/mol. The largest absolute Gasteiger partial charge is 0.493 e. The van der Waals surface area contributed by atoms with Crippen LogP contribution < -0.4 is 20.5 Å². The predicted octanol–water partition coefficient (Wildman–Crippen LogP) is 2.74. The van der Waals surface area contributed by atoms with E-state index in [4.69, 9.17) is 15.2 Å². The van der Waals surface area contributed by atoms with Crippen molar-refractivity contribution in [2.24, 2.45) is 5.73 Å². The molecule has 0 bridgehead atoms. The van der Waals surface area contributed by atoms with Gasteiger partial charge in [-0.1, -0.05) is 19.1 Å². The number of imide groups is 1. The summed E-state index contributed by atoms with van der Waals surface area (Å²) in [6, 6.07) is 8.35. The van der Waals surface area contributed by atoms with Crippen LogP contribution in [0.2, 0.25) is 0 Å². The Kier molecular flexibility index (Phi) is 7.63. The molecule has 0 saturated carbocycles. The number of nitrogens with zero attached hydrogens (tertiary/aromatic N) is 1. The van der Waals surface area contributed by atoms with Crippen LogP contribution in [0.4, 0.5) is 4.79 Å². The molecular formula is C19H25N3O4S. The highest BCUT2D eigenvalue weighted by atomic mass is 32.1. The van der Waals surface area contributed by atoms with Crippen LogP contribution in [0.25, 0.3) is 0 Å². The minimum atomic E-state index is -0.850. The highest BCUT2D eigenvalue weighted by Gasteiger charge is 2.21. The lowest BCUT2D eigenvalue weighted by atomic mass is 10.1. The maximum absolute atomic E-state index is 12.0. The topological polar surface area (TPSA) is 93.9 Å². The predicted molar refractivity (Wildman–Crippen MR) is 105 cm³/mol. The molecule has 1 heterocycles. The summed E-state index contributed by atoms with van der Waals surface area (Å²) in [6.07, 6.45) is 0. The molecule has 0 spiro atoms. The summed E-state index contributed by atoms with van der Waals surface area (Å²) < 4.78 is 11.3. The molecule has 2 rings (SSSR count). The Balaban J connectivity index is 2.06. The first-order valence-corrected chi connectivity index (χ1v) is 9.49. The molecule has 0 unspecified atom stereocenters. The van der Waals surface area contributed by atoms with Gasteiger partial charge in [-0.2, -0.15) is 0 Å². The van der Waals surface area contributed by atoms with Gasteiger partial charge < -0.3 is 15.2 Å². The molecule has 7 nitrogen and oxygen atoms in total. The minimum absolute atomic E-state index is 0.424. The van der Waals surface area contributed by atoms with Gasteiger partial charge in [0.05, 0.1) is 13.2 Å². The number of amides is 3. The van der Waals surface area contributed by atoms with Crippen molar-refractivity contribution in [3.05, 3.63) is 46.2 Å². The summed E-state index contributed by atoms with van der Waals surface area (Å²) in [5.74, 6) is 0.874. The molecule has 0 fully saturated rings. The Morgan fingerprint density at radius 2 is 2.07 bits per heavy atom. The van der Waals surface area contributed by atoms with E-state index in [0.717, 1.165) is 10.4 Å². The maximum Gasteiger partial charge on any atom is 0.318 e. The molecule has 1 aromatic heterocycles. The van der Waals surface area contributed by atoms with Gasteiger partial charge in [0.15, 0.2) is 11.5 Å². The van der Waals surface area contributed by atoms with Gasteiger partial charge >= 0.3 is 6.03 Å². The molecular weight excluding hydrogens is 366 g/mol. The van der Waals surface area contributed by atoms with Gasteiger partial charge in [-0.15, -0.1) is 11.3 Å². The van der Waals surface area contributed by atoms with Gasteiger partial charge in [0.2, 0.25) is 5.91 Å². The molecule has 146 valence electrons. The second kappa shape index (κ2) is 9.94. The highest BCUT2D eigenvalue weighted by molar-refractivity contribution is 7.09. The Morgan fingerprint density at radius 1 is 1.30 bits per heavy atom. The molecule has 0 aliphatic rings. The van der Waals surface area contributed by atoms with Crippen LogP contribution in [0.5, 0.6) is 11.5 Å². The number of primary amides is 1. The second-order valence-electron chi connectivity index (χ2n) is 5.95. The fourth-order valence-electron chi connectivity index (χ4n) is 2.62. The summed E-state index contributed by atoms with van der Waals surface area (Å²) in [4.78, 5) is 26.0. The lowest BCUT2D eigenvalue weighted by molar-refractivity contribution is -0.124. The number of urea groups is 1. The molecule has 1 atom stereocenters. The van der Waals surface area contributed by atoms with Crippen LogP contribution in [0.3, 0.4) is 0 Å². The zero-order valence-corrected chi connectivity index (χ0v) is 16.5. The fourth-order valence-corrected chi connectivity index (χ4v) is 3.24. The number of methoxy groups -OCH3 is 1. The SMILES string of the molecule is CCN(Cc1ccc(OCc2cccs2)c(OC)c1)[C@H](C)C(=O)NC(N)=O. The molecule has 27 heavy (non-hydrogen) atoms. The van der Waals surface area contributed by atoms with Gasteiger partial charge in [0, 0.05) is 11.4 Å². The third-order valence-electron chi connectivity index (χ3n) is 4.14. The number of likely N-dealkylation sites (N-methyl/N-ethyl adjacent to an activating group) is 1. The number of nitrogens with one attached hydrogen (secondary N) is 1. The fraction of sp³-hybridized carbons (Fsp3) is 0.368. The molecule has 1 aromatic carbocycles. The quantitative estimate of drug-likeness (QED) is 0.685. The van der Waals surface area contributed by atoms with Gasteiger partial charge in [0.1, 0.15) is 6.61 Å². The second-order valence-corrected chi connectivity index (χ2v) is 6.98. The number of carbonyl (C=O) groups is 2.